The first-order valence-corrected chi connectivity index (χ1v) is 9.53. The number of aromatic nitrogens is 1. The minimum atomic E-state index is -3.46. The van der Waals surface area contributed by atoms with Crippen molar-refractivity contribution < 1.29 is 8.42 Å². The first-order chi connectivity index (χ1) is 10.1. The van der Waals surface area contributed by atoms with Crippen LogP contribution in [0.15, 0.2) is 23.2 Å². The van der Waals surface area contributed by atoms with Crippen LogP contribution < -0.4 is 4.72 Å². The molecule has 0 radical (unpaired) electrons. The van der Waals surface area contributed by atoms with E-state index < -0.39 is 10.0 Å². The number of nitrogens with zero attached hydrogens (tertiary/aromatic N) is 1. The number of hydrogen-bond acceptors (Lipinski definition) is 3. The molecule has 1 heterocycles. The second-order valence-electron chi connectivity index (χ2n) is 5.19. The quantitative estimate of drug-likeness (QED) is 0.489. The molecule has 21 heavy (non-hydrogen) atoms. The Labute approximate surface area is 133 Å². The smallest absolute Gasteiger partial charge is 0.240 e. The predicted molar refractivity (Wildman–Crippen MR) is 87.0 cm³/mol. The van der Waals surface area contributed by atoms with Crippen LogP contribution in [-0.2, 0) is 10.0 Å². The van der Waals surface area contributed by atoms with Crippen molar-refractivity contribution in [3.8, 4) is 0 Å². The molecule has 0 atom stereocenters. The first-order valence-electron chi connectivity index (χ1n) is 7.67. The summed E-state index contributed by atoms with van der Waals surface area (Å²) in [6.07, 6.45) is 10.9. The van der Waals surface area contributed by atoms with E-state index in [1.165, 1.54) is 56.9 Å². The molecule has 0 unspecified atom stereocenters. The summed E-state index contributed by atoms with van der Waals surface area (Å²) in [6, 6.07) is 2.81. The van der Waals surface area contributed by atoms with E-state index in [1.54, 1.807) is 0 Å². The van der Waals surface area contributed by atoms with Gasteiger partial charge < -0.3 is 0 Å². The minimum absolute atomic E-state index is 0.169. The Kier molecular flexibility index (Phi) is 8.88. The van der Waals surface area contributed by atoms with Crippen LogP contribution in [0.3, 0.4) is 0 Å². The molecule has 0 fully saturated rings. The van der Waals surface area contributed by atoms with Gasteiger partial charge in [-0.1, -0.05) is 63.5 Å². The summed E-state index contributed by atoms with van der Waals surface area (Å²) >= 11 is 5.70. The second-order valence-corrected chi connectivity index (χ2v) is 7.34. The molecular formula is C15H25ClN2O2S. The third-order valence-corrected chi connectivity index (χ3v) is 5.00. The Hall–Kier alpha value is -0.650. The molecule has 0 spiro atoms. The Morgan fingerprint density at radius 3 is 2.33 bits per heavy atom. The Bertz CT molecular complexity index is 506. The Morgan fingerprint density at radius 2 is 1.71 bits per heavy atom. The van der Waals surface area contributed by atoms with Gasteiger partial charge in [0, 0.05) is 12.7 Å². The molecule has 0 aromatic carbocycles. The summed E-state index contributed by atoms with van der Waals surface area (Å²) in [4.78, 5) is 3.95. The minimum Gasteiger partial charge on any atom is -0.244 e. The second kappa shape index (κ2) is 10.1. The van der Waals surface area contributed by atoms with Gasteiger partial charge in [0.25, 0.3) is 0 Å². The Morgan fingerprint density at radius 1 is 1.10 bits per heavy atom. The van der Waals surface area contributed by atoms with Crippen molar-refractivity contribution in [1.29, 1.82) is 0 Å². The number of rotatable bonds is 11. The molecule has 6 heteroatoms. The summed E-state index contributed by atoms with van der Waals surface area (Å²) in [5.41, 5.74) is 0. The van der Waals surface area contributed by atoms with Crippen molar-refractivity contribution in [2.45, 2.75) is 63.2 Å². The first kappa shape index (κ1) is 18.4. The van der Waals surface area contributed by atoms with E-state index in [2.05, 4.69) is 16.6 Å². The van der Waals surface area contributed by atoms with E-state index in [-0.39, 0.29) is 10.0 Å². The Balaban J connectivity index is 2.17. The topological polar surface area (TPSA) is 59.1 Å². The molecular weight excluding hydrogens is 308 g/mol. The van der Waals surface area contributed by atoms with Gasteiger partial charge >= 0.3 is 0 Å². The standard InChI is InChI=1S/C15H25ClN2O2S/c1-2-3-4-5-6-7-8-9-11-18-21(19,20)14-10-12-17-15(16)13-14/h10,12-13,18H,2-9,11H2,1H3. The highest BCUT2D eigenvalue weighted by Crippen LogP contribution is 2.13. The molecule has 0 saturated carbocycles. The molecule has 0 amide bonds. The zero-order valence-electron chi connectivity index (χ0n) is 12.6. The van der Waals surface area contributed by atoms with Gasteiger partial charge in [-0.2, -0.15) is 0 Å². The number of unbranched alkanes of at least 4 members (excludes halogenated alkanes) is 7. The van der Waals surface area contributed by atoms with E-state index in [4.69, 9.17) is 11.6 Å². The van der Waals surface area contributed by atoms with Crippen LogP contribution in [0.5, 0.6) is 0 Å². The summed E-state index contributed by atoms with van der Waals surface area (Å²) in [7, 11) is -3.46. The van der Waals surface area contributed by atoms with Gasteiger partial charge in [-0.05, 0) is 18.6 Å². The normalized spacial score (nSPS) is 11.7. The largest absolute Gasteiger partial charge is 0.244 e. The van der Waals surface area contributed by atoms with Gasteiger partial charge in [-0.3, -0.25) is 0 Å². The van der Waals surface area contributed by atoms with Crippen LogP contribution in [0.4, 0.5) is 0 Å². The van der Waals surface area contributed by atoms with Crippen molar-refractivity contribution in [1.82, 2.24) is 9.71 Å². The monoisotopic (exact) mass is 332 g/mol. The molecule has 0 aliphatic rings. The number of sulfonamides is 1. The average molecular weight is 333 g/mol. The lowest BCUT2D eigenvalue weighted by Crippen LogP contribution is -2.24. The fourth-order valence-corrected chi connectivity index (χ4v) is 3.43. The molecule has 1 aromatic rings. The molecule has 0 aliphatic carbocycles. The van der Waals surface area contributed by atoms with Gasteiger partial charge in [0.2, 0.25) is 10.0 Å². The van der Waals surface area contributed by atoms with E-state index >= 15 is 0 Å². The zero-order valence-corrected chi connectivity index (χ0v) is 14.2. The summed E-state index contributed by atoms with van der Waals surface area (Å²) in [6.45, 7) is 2.68. The van der Waals surface area contributed by atoms with Crippen LogP contribution in [0.1, 0.15) is 58.3 Å². The van der Waals surface area contributed by atoms with Crippen molar-refractivity contribution >= 4 is 21.6 Å². The highest BCUT2D eigenvalue weighted by Gasteiger charge is 2.13. The fourth-order valence-electron chi connectivity index (χ4n) is 2.10. The summed E-state index contributed by atoms with van der Waals surface area (Å²) in [5.74, 6) is 0. The van der Waals surface area contributed by atoms with E-state index in [1.807, 2.05) is 0 Å². The van der Waals surface area contributed by atoms with Gasteiger partial charge in [-0.15, -0.1) is 0 Å². The van der Waals surface area contributed by atoms with Crippen LogP contribution in [0.25, 0.3) is 0 Å². The zero-order chi connectivity index (χ0) is 15.6. The molecule has 1 rings (SSSR count). The number of halogens is 1. The van der Waals surface area contributed by atoms with Gasteiger partial charge in [0.05, 0.1) is 4.90 Å². The molecule has 1 aromatic heterocycles. The maximum Gasteiger partial charge on any atom is 0.240 e. The summed E-state index contributed by atoms with van der Waals surface area (Å²) < 4.78 is 26.6. The van der Waals surface area contributed by atoms with Gasteiger partial charge in [-0.25, -0.2) is 18.1 Å². The third kappa shape index (κ3) is 7.79. The van der Waals surface area contributed by atoms with Crippen molar-refractivity contribution in [2.24, 2.45) is 0 Å². The molecule has 0 saturated heterocycles. The van der Waals surface area contributed by atoms with E-state index in [0.29, 0.717) is 6.54 Å². The molecule has 1 N–H and O–H groups in total. The molecule has 0 bridgehead atoms. The molecule has 0 aliphatic heterocycles. The number of nitrogens with one attached hydrogen (secondary N) is 1. The average Bonchev–Trinajstić information content (AvgIpc) is 2.45. The lowest BCUT2D eigenvalue weighted by atomic mass is 10.1. The number of pyridine rings is 1. The van der Waals surface area contributed by atoms with E-state index in [9.17, 15) is 8.42 Å². The molecule has 120 valence electrons. The summed E-state index contributed by atoms with van der Waals surface area (Å²) in [5, 5.41) is 0.185. The third-order valence-electron chi connectivity index (χ3n) is 3.33. The van der Waals surface area contributed by atoms with Crippen LogP contribution in [0, 0.1) is 0 Å². The molecule has 4 nitrogen and oxygen atoms in total. The van der Waals surface area contributed by atoms with Crippen LogP contribution >= 0.6 is 11.6 Å². The van der Waals surface area contributed by atoms with Gasteiger partial charge in [0.1, 0.15) is 5.15 Å². The maximum atomic E-state index is 12.0. The number of hydrogen-bond donors (Lipinski definition) is 1. The van der Waals surface area contributed by atoms with Gasteiger partial charge in [0.15, 0.2) is 0 Å². The lowest BCUT2D eigenvalue weighted by Gasteiger charge is -2.07. The van der Waals surface area contributed by atoms with Crippen molar-refractivity contribution in [2.75, 3.05) is 6.54 Å². The SMILES string of the molecule is CCCCCCCCCCNS(=O)(=O)c1ccnc(Cl)c1. The fraction of sp³-hybridized carbons (Fsp3) is 0.667. The van der Waals surface area contributed by atoms with Crippen molar-refractivity contribution in [3.63, 3.8) is 0 Å². The van der Waals surface area contributed by atoms with Crippen LogP contribution in [-0.4, -0.2) is 19.9 Å². The van der Waals surface area contributed by atoms with E-state index in [0.717, 1.165) is 12.8 Å². The van der Waals surface area contributed by atoms with Crippen LogP contribution in [0.2, 0.25) is 5.15 Å². The predicted octanol–water partition coefficient (Wildman–Crippen LogP) is 4.15. The highest BCUT2D eigenvalue weighted by atomic mass is 35.5. The highest BCUT2D eigenvalue weighted by molar-refractivity contribution is 7.89. The lowest BCUT2D eigenvalue weighted by molar-refractivity contribution is 0.559. The van der Waals surface area contributed by atoms with Crippen molar-refractivity contribution in [3.05, 3.63) is 23.5 Å². The maximum absolute atomic E-state index is 12.0.